The first-order valence-corrected chi connectivity index (χ1v) is 4.12. The van der Waals surface area contributed by atoms with Crippen LogP contribution in [0.1, 0.15) is 5.56 Å². The Bertz CT molecular complexity index is 376. The van der Waals surface area contributed by atoms with Crippen LogP contribution >= 0.6 is 11.6 Å². The van der Waals surface area contributed by atoms with E-state index in [0.29, 0.717) is 16.5 Å². The van der Waals surface area contributed by atoms with E-state index >= 15 is 0 Å². The normalized spacial score (nSPS) is 10.4. The van der Waals surface area contributed by atoms with Crippen molar-refractivity contribution in [3.8, 4) is 5.88 Å². The van der Waals surface area contributed by atoms with E-state index < -0.39 is 5.97 Å². The zero-order valence-electron chi connectivity index (χ0n) is 7.40. The van der Waals surface area contributed by atoms with Crippen LogP contribution in [0.4, 0.5) is 0 Å². The molecule has 0 saturated heterocycles. The van der Waals surface area contributed by atoms with E-state index in [1.54, 1.807) is 6.07 Å². The number of nitrogens with zero attached hydrogens (tertiary/aromatic N) is 1. The number of methoxy groups -OCH3 is 1. The van der Waals surface area contributed by atoms with Crippen molar-refractivity contribution in [2.45, 2.75) is 0 Å². The summed E-state index contributed by atoms with van der Waals surface area (Å²) in [6.07, 6.45) is 3.80. The van der Waals surface area contributed by atoms with Crippen LogP contribution in [0.25, 0.3) is 6.08 Å². The minimum absolute atomic E-state index is 0.340. The Morgan fingerprint density at radius 1 is 1.71 bits per heavy atom. The first-order valence-electron chi connectivity index (χ1n) is 3.74. The first kappa shape index (κ1) is 10.5. The number of hydrogen-bond donors (Lipinski definition) is 1. The van der Waals surface area contributed by atoms with Crippen molar-refractivity contribution in [3.05, 3.63) is 28.9 Å². The molecule has 0 atom stereocenters. The van der Waals surface area contributed by atoms with Crippen molar-refractivity contribution in [1.29, 1.82) is 0 Å². The van der Waals surface area contributed by atoms with Crippen LogP contribution in [0.5, 0.6) is 5.88 Å². The molecule has 1 N–H and O–H groups in total. The van der Waals surface area contributed by atoms with Gasteiger partial charge in [-0.1, -0.05) is 11.6 Å². The van der Waals surface area contributed by atoms with Gasteiger partial charge in [-0.3, -0.25) is 0 Å². The molecule has 1 aromatic heterocycles. The van der Waals surface area contributed by atoms with Crippen LogP contribution in [0, 0.1) is 0 Å². The lowest BCUT2D eigenvalue weighted by Gasteiger charge is -2.02. The smallest absolute Gasteiger partial charge is 0.328 e. The predicted octanol–water partition coefficient (Wildman–Crippen LogP) is 1.84. The molecule has 0 bridgehead atoms. The third-order valence-electron chi connectivity index (χ3n) is 1.44. The molecule has 1 heterocycles. The monoisotopic (exact) mass is 213 g/mol. The Morgan fingerprint density at radius 2 is 2.43 bits per heavy atom. The number of rotatable bonds is 3. The summed E-state index contributed by atoms with van der Waals surface area (Å²) in [5.74, 6) is -0.695. The molecule has 4 nitrogen and oxygen atoms in total. The van der Waals surface area contributed by atoms with Crippen LogP contribution in [0.2, 0.25) is 5.02 Å². The summed E-state index contributed by atoms with van der Waals surface area (Å²) in [6, 6.07) is 1.58. The molecule has 1 aromatic rings. The molecule has 0 radical (unpaired) electrons. The fourth-order valence-electron chi connectivity index (χ4n) is 0.893. The van der Waals surface area contributed by atoms with Gasteiger partial charge in [-0.2, -0.15) is 0 Å². The van der Waals surface area contributed by atoms with E-state index in [0.717, 1.165) is 6.08 Å². The molecular formula is C9H8ClNO3. The van der Waals surface area contributed by atoms with Gasteiger partial charge >= 0.3 is 5.97 Å². The molecule has 1 rings (SSSR count). The van der Waals surface area contributed by atoms with Gasteiger partial charge in [0.15, 0.2) is 0 Å². The quantitative estimate of drug-likeness (QED) is 0.779. The van der Waals surface area contributed by atoms with Gasteiger partial charge in [0.1, 0.15) is 0 Å². The molecule has 0 unspecified atom stereocenters. The molecule has 0 aliphatic heterocycles. The first-order chi connectivity index (χ1) is 6.63. The third-order valence-corrected chi connectivity index (χ3v) is 1.65. The summed E-state index contributed by atoms with van der Waals surface area (Å²) in [5.41, 5.74) is 0.530. The Labute approximate surface area is 85.8 Å². The van der Waals surface area contributed by atoms with Crippen molar-refractivity contribution in [2.24, 2.45) is 0 Å². The summed E-state index contributed by atoms with van der Waals surface area (Å²) in [4.78, 5) is 14.2. The number of hydrogen-bond acceptors (Lipinski definition) is 3. The maximum absolute atomic E-state index is 10.3. The molecular weight excluding hydrogens is 206 g/mol. The average Bonchev–Trinajstić information content (AvgIpc) is 2.15. The largest absolute Gasteiger partial charge is 0.481 e. The standard InChI is InChI=1S/C9H8ClNO3/c1-14-9-6(2-3-8(12)13)4-7(10)5-11-9/h2-5H,1H3,(H,12,13). The summed E-state index contributed by atoms with van der Waals surface area (Å²) < 4.78 is 4.92. The SMILES string of the molecule is COc1ncc(Cl)cc1C=CC(=O)O. The van der Waals surface area contributed by atoms with Gasteiger partial charge in [-0.25, -0.2) is 9.78 Å². The topological polar surface area (TPSA) is 59.4 Å². The number of ether oxygens (including phenoxy) is 1. The maximum Gasteiger partial charge on any atom is 0.328 e. The molecule has 0 amide bonds. The molecule has 5 heteroatoms. The lowest BCUT2D eigenvalue weighted by atomic mass is 10.2. The lowest BCUT2D eigenvalue weighted by Crippen LogP contribution is -1.92. The highest BCUT2D eigenvalue weighted by Crippen LogP contribution is 2.20. The highest BCUT2D eigenvalue weighted by molar-refractivity contribution is 6.30. The van der Waals surface area contributed by atoms with Gasteiger partial charge in [0.05, 0.1) is 12.1 Å². The van der Waals surface area contributed by atoms with Crippen molar-refractivity contribution in [1.82, 2.24) is 4.98 Å². The molecule has 0 aliphatic rings. The Hall–Kier alpha value is -1.55. The zero-order valence-corrected chi connectivity index (χ0v) is 8.15. The number of carbonyl (C=O) groups is 1. The van der Waals surface area contributed by atoms with Crippen LogP contribution < -0.4 is 4.74 Å². The highest BCUT2D eigenvalue weighted by Gasteiger charge is 2.02. The van der Waals surface area contributed by atoms with Gasteiger partial charge in [0.25, 0.3) is 0 Å². The average molecular weight is 214 g/mol. The second-order valence-corrected chi connectivity index (χ2v) is 2.86. The van der Waals surface area contributed by atoms with Crippen molar-refractivity contribution in [2.75, 3.05) is 7.11 Å². The van der Waals surface area contributed by atoms with Crippen LogP contribution in [-0.2, 0) is 4.79 Å². The number of aliphatic carboxylic acids is 1. The summed E-state index contributed by atoms with van der Waals surface area (Å²) >= 11 is 5.69. The minimum Gasteiger partial charge on any atom is -0.481 e. The Kier molecular flexibility index (Phi) is 3.48. The second kappa shape index (κ2) is 4.62. The molecule has 0 fully saturated rings. The van der Waals surface area contributed by atoms with E-state index in [2.05, 4.69) is 4.98 Å². The van der Waals surface area contributed by atoms with Gasteiger partial charge in [0.2, 0.25) is 5.88 Å². The van der Waals surface area contributed by atoms with Gasteiger partial charge in [0, 0.05) is 17.8 Å². The molecule has 0 aromatic carbocycles. The summed E-state index contributed by atoms with van der Waals surface area (Å²) in [7, 11) is 1.45. The second-order valence-electron chi connectivity index (χ2n) is 2.42. The van der Waals surface area contributed by atoms with Gasteiger partial charge in [-0.15, -0.1) is 0 Å². The van der Waals surface area contributed by atoms with E-state index in [-0.39, 0.29) is 0 Å². The predicted molar refractivity (Wildman–Crippen MR) is 52.5 cm³/mol. The molecule has 14 heavy (non-hydrogen) atoms. The molecule has 0 spiro atoms. The van der Waals surface area contributed by atoms with E-state index in [1.165, 1.54) is 19.4 Å². The van der Waals surface area contributed by atoms with E-state index in [9.17, 15) is 4.79 Å². The van der Waals surface area contributed by atoms with Crippen LogP contribution in [0.15, 0.2) is 18.3 Å². The van der Waals surface area contributed by atoms with E-state index in [1.807, 2.05) is 0 Å². The summed E-state index contributed by atoms with van der Waals surface area (Å²) in [6.45, 7) is 0. The third kappa shape index (κ3) is 2.74. The van der Waals surface area contributed by atoms with Crippen LogP contribution in [-0.4, -0.2) is 23.2 Å². The van der Waals surface area contributed by atoms with Crippen molar-refractivity contribution in [3.63, 3.8) is 0 Å². The highest BCUT2D eigenvalue weighted by atomic mass is 35.5. The summed E-state index contributed by atoms with van der Waals surface area (Å²) in [5, 5.41) is 8.85. The van der Waals surface area contributed by atoms with Gasteiger partial charge in [-0.05, 0) is 12.1 Å². The van der Waals surface area contributed by atoms with Crippen LogP contribution in [0.3, 0.4) is 0 Å². The molecule has 0 aliphatic carbocycles. The maximum atomic E-state index is 10.3. The van der Waals surface area contributed by atoms with Crippen molar-refractivity contribution < 1.29 is 14.6 Å². The zero-order chi connectivity index (χ0) is 10.6. The fraction of sp³-hybridized carbons (Fsp3) is 0.111. The molecule has 0 saturated carbocycles. The Morgan fingerprint density at radius 3 is 3.00 bits per heavy atom. The van der Waals surface area contributed by atoms with Gasteiger partial charge < -0.3 is 9.84 Å². The molecule has 74 valence electrons. The fourth-order valence-corrected chi connectivity index (χ4v) is 1.06. The Balaban J connectivity index is 3.04. The number of carboxylic acids is 1. The number of carboxylic acid groups (broad SMARTS) is 1. The minimum atomic E-state index is -1.04. The number of halogens is 1. The number of aromatic nitrogens is 1. The van der Waals surface area contributed by atoms with E-state index in [4.69, 9.17) is 21.4 Å². The number of pyridine rings is 1. The van der Waals surface area contributed by atoms with Crippen molar-refractivity contribution >= 4 is 23.6 Å². The lowest BCUT2D eigenvalue weighted by molar-refractivity contribution is -0.131.